The number of urea groups is 1. The van der Waals surface area contributed by atoms with Gasteiger partial charge in [-0.15, -0.1) is 6.58 Å². The second kappa shape index (κ2) is 5.17. The highest BCUT2D eigenvalue weighted by molar-refractivity contribution is 5.75. The van der Waals surface area contributed by atoms with Gasteiger partial charge in [0.2, 0.25) is 0 Å². The number of ether oxygens (including phenoxy) is 2. The molecule has 6 heteroatoms. The standard InChI is InChI=1S/C11H15N3O3/c1-3-4-14(12-2)11(15)13(5-9-7-16-9)6-10-8-17-10/h3,9-10H,1,4-8H2. The van der Waals surface area contributed by atoms with Crippen LogP contribution in [0.5, 0.6) is 0 Å². The molecule has 2 fully saturated rings. The summed E-state index contributed by atoms with van der Waals surface area (Å²) in [5.74, 6) is 0. The van der Waals surface area contributed by atoms with Crippen LogP contribution in [0.1, 0.15) is 0 Å². The number of hydrogen-bond donors (Lipinski definition) is 0. The molecule has 0 saturated carbocycles. The molecule has 0 aromatic carbocycles. The summed E-state index contributed by atoms with van der Waals surface area (Å²) >= 11 is 0. The lowest BCUT2D eigenvalue weighted by molar-refractivity contribution is 0.161. The molecule has 2 unspecified atom stereocenters. The minimum atomic E-state index is -0.300. The summed E-state index contributed by atoms with van der Waals surface area (Å²) in [4.78, 5) is 16.9. The summed E-state index contributed by atoms with van der Waals surface area (Å²) in [5, 5.41) is 1.07. The average Bonchev–Trinajstić information content (AvgIpc) is 3.18. The van der Waals surface area contributed by atoms with Gasteiger partial charge in [0.15, 0.2) is 0 Å². The molecule has 6 nitrogen and oxygen atoms in total. The molecule has 2 saturated heterocycles. The number of rotatable bonds is 6. The molecule has 2 amide bonds. The number of epoxide rings is 2. The third-order valence-corrected chi connectivity index (χ3v) is 2.57. The molecule has 0 aromatic heterocycles. The highest BCUT2D eigenvalue weighted by Crippen LogP contribution is 2.17. The molecule has 0 aliphatic carbocycles. The van der Waals surface area contributed by atoms with Crippen molar-refractivity contribution in [2.24, 2.45) is 0 Å². The third kappa shape index (κ3) is 3.44. The fraction of sp³-hybridized carbons (Fsp3) is 0.636. The predicted octanol–water partition coefficient (Wildman–Crippen LogP) is 0.528. The number of hydrogen-bond acceptors (Lipinski definition) is 3. The van der Waals surface area contributed by atoms with Crippen molar-refractivity contribution in [3.05, 3.63) is 24.2 Å². The SMILES string of the molecule is [C-]#[N+]N(CC=C)C(=O)N(CC1CO1)CC1CO1. The van der Waals surface area contributed by atoms with Crippen molar-refractivity contribution in [2.45, 2.75) is 12.2 Å². The van der Waals surface area contributed by atoms with Crippen molar-refractivity contribution in [3.63, 3.8) is 0 Å². The van der Waals surface area contributed by atoms with Crippen LogP contribution in [-0.4, -0.2) is 61.0 Å². The minimum Gasteiger partial charge on any atom is -0.371 e. The highest BCUT2D eigenvalue weighted by Gasteiger charge is 2.36. The van der Waals surface area contributed by atoms with E-state index in [-0.39, 0.29) is 24.8 Å². The molecule has 0 spiro atoms. The van der Waals surface area contributed by atoms with E-state index in [9.17, 15) is 4.79 Å². The molecule has 2 rings (SSSR count). The van der Waals surface area contributed by atoms with Gasteiger partial charge in [0.1, 0.15) is 6.54 Å². The van der Waals surface area contributed by atoms with Gasteiger partial charge in [-0.3, -0.25) is 0 Å². The maximum Gasteiger partial charge on any atom is 0.386 e. The van der Waals surface area contributed by atoms with Gasteiger partial charge in [0, 0.05) is 0 Å². The normalized spacial score (nSPS) is 24.6. The zero-order valence-corrected chi connectivity index (χ0v) is 9.54. The Bertz CT molecular complexity index is 330. The van der Waals surface area contributed by atoms with E-state index in [0.29, 0.717) is 26.3 Å². The smallest absolute Gasteiger partial charge is 0.371 e. The van der Waals surface area contributed by atoms with E-state index in [0.717, 1.165) is 5.01 Å². The summed E-state index contributed by atoms with van der Waals surface area (Å²) in [5.41, 5.74) is 0. The van der Waals surface area contributed by atoms with Crippen LogP contribution in [0.15, 0.2) is 12.7 Å². The van der Waals surface area contributed by atoms with Crippen molar-refractivity contribution >= 4 is 6.03 Å². The van der Waals surface area contributed by atoms with E-state index in [1.807, 2.05) is 0 Å². The summed E-state index contributed by atoms with van der Waals surface area (Å²) < 4.78 is 10.2. The Morgan fingerprint density at radius 1 is 1.41 bits per heavy atom. The van der Waals surface area contributed by atoms with Crippen molar-refractivity contribution in [1.82, 2.24) is 9.91 Å². The largest absolute Gasteiger partial charge is 0.386 e. The monoisotopic (exact) mass is 237 g/mol. The number of amides is 2. The summed E-state index contributed by atoms with van der Waals surface area (Å²) in [6.07, 6.45) is 1.78. The fourth-order valence-corrected chi connectivity index (χ4v) is 1.52. The van der Waals surface area contributed by atoms with E-state index in [2.05, 4.69) is 11.5 Å². The quantitative estimate of drug-likeness (QED) is 0.293. The lowest BCUT2D eigenvalue weighted by Crippen LogP contribution is -2.43. The van der Waals surface area contributed by atoms with Gasteiger partial charge in [-0.05, 0) is 5.01 Å². The molecule has 0 N–H and O–H groups in total. The first-order valence-corrected chi connectivity index (χ1v) is 5.52. The van der Waals surface area contributed by atoms with Gasteiger partial charge in [0.05, 0.1) is 38.5 Å². The van der Waals surface area contributed by atoms with Crippen LogP contribution >= 0.6 is 0 Å². The maximum absolute atomic E-state index is 12.1. The summed E-state index contributed by atoms with van der Waals surface area (Å²) in [6, 6.07) is -0.300. The van der Waals surface area contributed by atoms with Crippen molar-refractivity contribution in [2.75, 3.05) is 32.8 Å². The minimum absolute atomic E-state index is 0.119. The average molecular weight is 237 g/mol. The zero-order chi connectivity index (χ0) is 12.3. The first-order chi connectivity index (χ1) is 8.24. The van der Waals surface area contributed by atoms with Crippen LogP contribution in [0.25, 0.3) is 4.95 Å². The van der Waals surface area contributed by atoms with Crippen LogP contribution in [-0.2, 0) is 9.47 Å². The lowest BCUT2D eigenvalue weighted by Gasteiger charge is -2.21. The number of carbonyl (C=O) groups excluding carboxylic acids is 1. The highest BCUT2D eigenvalue weighted by atomic mass is 16.6. The topological polar surface area (TPSA) is 53.0 Å². The lowest BCUT2D eigenvalue weighted by atomic mass is 10.3. The van der Waals surface area contributed by atoms with E-state index >= 15 is 0 Å². The molecule has 2 aliphatic heterocycles. The van der Waals surface area contributed by atoms with Crippen molar-refractivity contribution in [3.8, 4) is 0 Å². The van der Waals surface area contributed by atoms with Gasteiger partial charge < -0.3 is 14.4 Å². The molecule has 0 aromatic rings. The molecule has 17 heavy (non-hydrogen) atoms. The van der Waals surface area contributed by atoms with E-state index in [1.54, 1.807) is 4.90 Å². The maximum atomic E-state index is 12.1. The van der Waals surface area contributed by atoms with E-state index < -0.39 is 0 Å². The van der Waals surface area contributed by atoms with Gasteiger partial charge in [-0.1, -0.05) is 6.08 Å². The van der Waals surface area contributed by atoms with Crippen LogP contribution in [0.3, 0.4) is 0 Å². The molecule has 0 radical (unpaired) electrons. The Labute approximate surface area is 100 Å². The first-order valence-electron chi connectivity index (χ1n) is 5.52. The summed E-state index contributed by atoms with van der Waals surface area (Å²) in [6.45, 7) is 13.2. The van der Waals surface area contributed by atoms with Gasteiger partial charge in [-0.2, -0.15) is 11.5 Å². The van der Waals surface area contributed by atoms with Gasteiger partial charge in [0.25, 0.3) is 0 Å². The number of carbonyl (C=O) groups is 1. The predicted molar refractivity (Wildman–Crippen MR) is 60.0 cm³/mol. The number of nitrogens with zero attached hydrogens (tertiary/aromatic N) is 3. The molecule has 2 heterocycles. The molecule has 92 valence electrons. The van der Waals surface area contributed by atoms with Gasteiger partial charge >= 0.3 is 6.03 Å². The molecular weight excluding hydrogens is 222 g/mol. The second-order valence-corrected chi connectivity index (χ2v) is 4.07. The second-order valence-electron chi connectivity index (χ2n) is 4.07. The van der Waals surface area contributed by atoms with Crippen LogP contribution in [0, 0.1) is 6.57 Å². The van der Waals surface area contributed by atoms with E-state index in [1.165, 1.54) is 6.08 Å². The zero-order valence-electron chi connectivity index (χ0n) is 9.54. The Morgan fingerprint density at radius 3 is 2.29 bits per heavy atom. The third-order valence-electron chi connectivity index (χ3n) is 2.57. The van der Waals surface area contributed by atoms with Crippen LogP contribution in [0.4, 0.5) is 4.79 Å². The molecular formula is C11H15N3O3. The molecule has 0 bridgehead atoms. The summed E-state index contributed by atoms with van der Waals surface area (Å²) in [7, 11) is 0. The Balaban J connectivity index is 1.93. The fourth-order valence-electron chi connectivity index (χ4n) is 1.52. The van der Waals surface area contributed by atoms with E-state index in [4.69, 9.17) is 16.0 Å². The first kappa shape index (κ1) is 11.9. The van der Waals surface area contributed by atoms with Gasteiger partial charge in [-0.25, -0.2) is 4.79 Å². The van der Waals surface area contributed by atoms with Crippen molar-refractivity contribution in [1.29, 1.82) is 0 Å². The Morgan fingerprint density at radius 2 is 1.94 bits per heavy atom. The Kier molecular flexibility index (Phi) is 3.61. The van der Waals surface area contributed by atoms with Crippen LogP contribution in [0.2, 0.25) is 0 Å². The van der Waals surface area contributed by atoms with Crippen LogP contribution < -0.4 is 0 Å². The molecule has 2 atom stereocenters. The Hall–Kier alpha value is -1.58. The van der Waals surface area contributed by atoms with Crippen molar-refractivity contribution < 1.29 is 14.3 Å². The molecule has 2 aliphatic rings.